The number of pyridine rings is 1. The number of hydrogen-bond donors (Lipinski definition) is 1. The van der Waals surface area contributed by atoms with E-state index < -0.39 is 16.0 Å². The van der Waals surface area contributed by atoms with Gasteiger partial charge < -0.3 is 19.1 Å². The molecule has 1 aromatic carbocycles. The van der Waals surface area contributed by atoms with Crippen molar-refractivity contribution in [1.29, 1.82) is 0 Å². The number of thiophene rings is 1. The molecule has 0 radical (unpaired) electrons. The summed E-state index contributed by atoms with van der Waals surface area (Å²) in [6.45, 7) is 2.45. The van der Waals surface area contributed by atoms with Crippen LogP contribution < -0.4 is 14.4 Å². The molecule has 0 bridgehead atoms. The van der Waals surface area contributed by atoms with Crippen LogP contribution in [0.2, 0.25) is 0 Å². The number of nitrogens with zero attached hydrogens (tertiary/aromatic N) is 4. The lowest BCUT2D eigenvalue weighted by molar-refractivity contribution is -0.134. The molecule has 0 saturated carbocycles. The number of carbonyl (C=O) groups excluding carboxylic acids is 1. The molecule has 4 heterocycles. The minimum atomic E-state index is -3.88. The number of carbonyl (C=O) groups is 1. The molecular weight excluding hydrogens is 542 g/mol. The SMILES string of the molecule is COC(=O)C=Cc1ccc(S(=O)(=O)Nc2cc3nc(-c4ccc(OC)nc4)nc(N4CCOCC4)c3s2)cc1. The number of rotatable bonds is 8. The standard InChI is InChI=1S/C26H25N5O6S2/c1-35-21-9-6-18(16-27-21)25-28-20-15-22(38-24(20)26(29-25)31-11-13-37-14-12-31)30-39(33,34)19-7-3-17(4-8-19)5-10-23(32)36-2/h3-10,15-16,30H,11-14H2,1-2H3. The first-order valence-corrected chi connectivity index (χ1v) is 14.2. The lowest BCUT2D eigenvalue weighted by atomic mass is 10.2. The Morgan fingerprint density at radius 3 is 2.54 bits per heavy atom. The Hall–Kier alpha value is -4.07. The van der Waals surface area contributed by atoms with Crippen molar-refractivity contribution < 1.29 is 27.4 Å². The summed E-state index contributed by atoms with van der Waals surface area (Å²) in [6.07, 6.45) is 4.45. The van der Waals surface area contributed by atoms with Gasteiger partial charge in [-0.3, -0.25) is 4.72 Å². The molecule has 1 N–H and O–H groups in total. The van der Waals surface area contributed by atoms with E-state index in [1.54, 1.807) is 43.6 Å². The Kier molecular flexibility index (Phi) is 7.72. The maximum Gasteiger partial charge on any atom is 0.330 e. The number of benzene rings is 1. The van der Waals surface area contributed by atoms with Crippen LogP contribution >= 0.6 is 11.3 Å². The number of ether oxygens (including phenoxy) is 3. The van der Waals surface area contributed by atoms with E-state index in [0.29, 0.717) is 65.5 Å². The molecule has 1 aliphatic rings. The third-order valence-corrected chi connectivity index (χ3v) is 8.45. The molecule has 0 amide bonds. The monoisotopic (exact) mass is 567 g/mol. The van der Waals surface area contributed by atoms with Gasteiger partial charge in [0, 0.05) is 37.0 Å². The van der Waals surface area contributed by atoms with E-state index in [9.17, 15) is 13.2 Å². The number of nitrogens with one attached hydrogen (secondary N) is 1. The predicted octanol–water partition coefficient (Wildman–Crippen LogP) is 3.59. The van der Waals surface area contributed by atoms with Crippen molar-refractivity contribution >= 4 is 54.4 Å². The van der Waals surface area contributed by atoms with E-state index in [4.69, 9.17) is 19.4 Å². The molecule has 0 atom stereocenters. The number of methoxy groups -OCH3 is 2. The number of esters is 1. The minimum Gasteiger partial charge on any atom is -0.481 e. The quantitative estimate of drug-likeness (QED) is 0.249. The van der Waals surface area contributed by atoms with Crippen molar-refractivity contribution in [1.82, 2.24) is 15.0 Å². The highest BCUT2D eigenvalue weighted by Crippen LogP contribution is 2.37. The summed E-state index contributed by atoms with van der Waals surface area (Å²) in [5.41, 5.74) is 1.98. The maximum atomic E-state index is 13.2. The van der Waals surface area contributed by atoms with E-state index in [-0.39, 0.29) is 4.90 Å². The maximum absolute atomic E-state index is 13.2. The highest BCUT2D eigenvalue weighted by Gasteiger charge is 2.22. The number of hydrogen-bond acceptors (Lipinski definition) is 11. The van der Waals surface area contributed by atoms with Crippen LogP contribution in [-0.4, -0.2) is 69.9 Å². The number of morpholine rings is 1. The van der Waals surface area contributed by atoms with Crippen LogP contribution in [0.3, 0.4) is 0 Å². The summed E-state index contributed by atoms with van der Waals surface area (Å²) in [5.74, 6) is 1.17. The van der Waals surface area contributed by atoms with Crippen LogP contribution in [0, 0.1) is 0 Å². The molecule has 202 valence electrons. The second-order valence-electron chi connectivity index (χ2n) is 8.42. The number of aromatic nitrogens is 3. The average Bonchev–Trinajstić information content (AvgIpc) is 3.37. The average molecular weight is 568 g/mol. The normalized spacial score (nSPS) is 14.1. The highest BCUT2D eigenvalue weighted by molar-refractivity contribution is 7.93. The molecule has 1 saturated heterocycles. The van der Waals surface area contributed by atoms with E-state index in [1.165, 1.54) is 36.7 Å². The first kappa shape index (κ1) is 26.5. The molecule has 13 heteroatoms. The zero-order valence-corrected chi connectivity index (χ0v) is 22.8. The first-order valence-electron chi connectivity index (χ1n) is 11.9. The van der Waals surface area contributed by atoms with Gasteiger partial charge in [0.05, 0.1) is 42.5 Å². The van der Waals surface area contributed by atoms with Gasteiger partial charge >= 0.3 is 5.97 Å². The van der Waals surface area contributed by atoms with Gasteiger partial charge in [0.1, 0.15) is 5.00 Å². The lowest BCUT2D eigenvalue weighted by Crippen LogP contribution is -2.36. The Labute approximate surface area is 229 Å². The second kappa shape index (κ2) is 11.4. The van der Waals surface area contributed by atoms with Gasteiger partial charge in [-0.2, -0.15) is 0 Å². The van der Waals surface area contributed by atoms with Gasteiger partial charge in [-0.05, 0) is 35.9 Å². The van der Waals surface area contributed by atoms with Crippen molar-refractivity contribution in [2.24, 2.45) is 0 Å². The summed E-state index contributed by atoms with van der Waals surface area (Å²) in [7, 11) is -1.05. The van der Waals surface area contributed by atoms with E-state index in [0.717, 1.165) is 4.70 Å². The fourth-order valence-corrected chi connectivity index (χ4v) is 6.20. The van der Waals surface area contributed by atoms with Crippen molar-refractivity contribution in [2.45, 2.75) is 4.90 Å². The smallest absolute Gasteiger partial charge is 0.330 e. The van der Waals surface area contributed by atoms with Crippen molar-refractivity contribution in [3.05, 3.63) is 60.3 Å². The van der Waals surface area contributed by atoms with Crippen LogP contribution in [0.4, 0.5) is 10.8 Å². The van der Waals surface area contributed by atoms with Crippen LogP contribution in [0.1, 0.15) is 5.56 Å². The summed E-state index contributed by atoms with van der Waals surface area (Å²) >= 11 is 1.27. The van der Waals surface area contributed by atoms with Crippen molar-refractivity contribution in [3.63, 3.8) is 0 Å². The van der Waals surface area contributed by atoms with Gasteiger partial charge in [0.2, 0.25) is 5.88 Å². The molecule has 4 aromatic rings. The lowest BCUT2D eigenvalue weighted by Gasteiger charge is -2.28. The van der Waals surface area contributed by atoms with Crippen LogP contribution in [0.5, 0.6) is 5.88 Å². The predicted molar refractivity (Wildman–Crippen MR) is 149 cm³/mol. The zero-order valence-electron chi connectivity index (χ0n) is 21.2. The van der Waals surface area contributed by atoms with Gasteiger partial charge in [-0.15, -0.1) is 11.3 Å². The molecule has 39 heavy (non-hydrogen) atoms. The van der Waals surface area contributed by atoms with Gasteiger partial charge in [-0.25, -0.2) is 28.2 Å². The summed E-state index contributed by atoms with van der Waals surface area (Å²) < 4.78 is 45.0. The third kappa shape index (κ3) is 6.00. The zero-order chi connectivity index (χ0) is 27.4. The largest absolute Gasteiger partial charge is 0.481 e. The Bertz CT molecular complexity index is 1610. The van der Waals surface area contributed by atoms with Gasteiger partial charge in [0.25, 0.3) is 10.0 Å². The fraction of sp³-hybridized carbons (Fsp3) is 0.231. The van der Waals surface area contributed by atoms with E-state index in [2.05, 4.69) is 19.3 Å². The highest BCUT2D eigenvalue weighted by atomic mass is 32.2. The van der Waals surface area contributed by atoms with Gasteiger partial charge in [-0.1, -0.05) is 12.1 Å². The number of sulfonamides is 1. The van der Waals surface area contributed by atoms with Crippen molar-refractivity contribution in [2.75, 3.05) is 50.1 Å². The van der Waals surface area contributed by atoms with Gasteiger partial charge in [0.15, 0.2) is 11.6 Å². The Morgan fingerprint density at radius 2 is 1.87 bits per heavy atom. The summed E-state index contributed by atoms with van der Waals surface area (Å²) in [6, 6.07) is 11.4. The molecule has 11 nitrogen and oxygen atoms in total. The Balaban J connectivity index is 1.47. The number of anilines is 2. The summed E-state index contributed by atoms with van der Waals surface area (Å²) in [4.78, 5) is 27.3. The molecule has 0 unspecified atom stereocenters. The minimum absolute atomic E-state index is 0.0830. The van der Waals surface area contributed by atoms with E-state index >= 15 is 0 Å². The third-order valence-electron chi connectivity index (χ3n) is 5.91. The molecule has 3 aromatic heterocycles. The first-order chi connectivity index (χ1) is 18.9. The van der Waals surface area contributed by atoms with Crippen molar-refractivity contribution in [3.8, 4) is 17.3 Å². The van der Waals surface area contributed by atoms with Crippen LogP contribution in [0.25, 0.3) is 27.7 Å². The second-order valence-corrected chi connectivity index (χ2v) is 11.2. The molecule has 1 aliphatic heterocycles. The molecule has 1 fully saturated rings. The molecule has 5 rings (SSSR count). The molecule has 0 aliphatic carbocycles. The van der Waals surface area contributed by atoms with E-state index in [1.807, 2.05) is 6.07 Å². The molecule has 0 spiro atoms. The number of fused-ring (bicyclic) bond motifs is 1. The summed E-state index contributed by atoms with van der Waals surface area (Å²) in [5, 5.41) is 0.411. The van der Waals surface area contributed by atoms with Crippen LogP contribution in [-0.2, 0) is 24.3 Å². The molecular formula is C26H25N5O6S2. The Morgan fingerprint density at radius 1 is 1.10 bits per heavy atom. The van der Waals surface area contributed by atoms with Crippen LogP contribution in [0.15, 0.2) is 59.6 Å². The fourth-order valence-electron chi connectivity index (χ4n) is 3.90. The topological polar surface area (TPSA) is 133 Å².